The van der Waals surface area contributed by atoms with Crippen molar-refractivity contribution in [1.82, 2.24) is 15.1 Å². The molecular weight excluding hydrogens is 304 g/mol. The number of piperazine rings is 1. The number of anilines is 1. The third-order valence-electron chi connectivity index (χ3n) is 4.27. The number of nitrogens with zero attached hydrogens (tertiary/aromatic N) is 3. The summed E-state index contributed by atoms with van der Waals surface area (Å²) < 4.78 is 5.32. The molecule has 24 heavy (non-hydrogen) atoms. The number of amides is 1. The van der Waals surface area contributed by atoms with Crippen LogP contribution in [-0.4, -0.2) is 47.2 Å². The van der Waals surface area contributed by atoms with E-state index in [-0.39, 0.29) is 5.91 Å². The molecule has 3 heterocycles. The summed E-state index contributed by atoms with van der Waals surface area (Å²) in [4.78, 5) is 16.8. The second-order valence-electron chi connectivity index (χ2n) is 5.76. The Bertz CT molecular complexity index is 803. The summed E-state index contributed by atoms with van der Waals surface area (Å²) in [6.07, 6.45) is 1.60. The van der Waals surface area contributed by atoms with Crippen molar-refractivity contribution >= 4 is 11.6 Å². The van der Waals surface area contributed by atoms with Crippen LogP contribution in [0.1, 0.15) is 10.5 Å². The molecule has 6 nitrogen and oxygen atoms in total. The molecule has 0 bridgehead atoms. The Kier molecular flexibility index (Phi) is 3.78. The Morgan fingerprint density at radius 2 is 1.83 bits per heavy atom. The van der Waals surface area contributed by atoms with E-state index in [1.54, 1.807) is 18.4 Å². The van der Waals surface area contributed by atoms with E-state index in [0.29, 0.717) is 30.2 Å². The summed E-state index contributed by atoms with van der Waals surface area (Å²) >= 11 is 0. The minimum Gasteiger partial charge on any atom is -0.463 e. The third-order valence-corrected chi connectivity index (χ3v) is 4.27. The van der Waals surface area contributed by atoms with Crippen molar-refractivity contribution in [3.05, 3.63) is 60.5 Å². The second kappa shape index (κ2) is 6.23. The number of aromatic nitrogens is 2. The van der Waals surface area contributed by atoms with Gasteiger partial charge in [-0.15, -0.1) is 0 Å². The number of aromatic amines is 1. The van der Waals surface area contributed by atoms with E-state index < -0.39 is 0 Å². The quantitative estimate of drug-likeness (QED) is 0.805. The van der Waals surface area contributed by atoms with Gasteiger partial charge in [-0.3, -0.25) is 9.89 Å². The normalized spacial score (nSPS) is 14.8. The molecule has 0 spiro atoms. The molecule has 0 atom stereocenters. The molecule has 6 heteroatoms. The van der Waals surface area contributed by atoms with Crippen LogP contribution in [0.15, 0.2) is 59.2 Å². The summed E-state index contributed by atoms with van der Waals surface area (Å²) in [6.45, 7) is 3.03. The fourth-order valence-electron chi connectivity index (χ4n) is 2.96. The van der Waals surface area contributed by atoms with Crippen molar-refractivity contribution in [2.24, 2.45) is 0 Å². The topological polar surface area (TPSA) is 65.4 Å². The van der Waals surface area contributed by atoms with Gasteiger partial charge in [0.1, 0.15) is 5.69 Å². The fourth-order valence-corrected chi connectivity index (χ4v) is 2.96. The molecule has 4 rings (SSSR count). The molecule has 0 radical (unpaired) electrons. The molecule has 1 saturated heterocycles. The molecule has 1 amide bonds. The maximum Gasteiger partial charge on any atom is 0.274 e. The standard InChI is InChI=1S/C18H18N4O2/c23-18(16-13-15(19-20-16)17-7-4-12-24-17)22-10-8-21(9-11-22)14-5-2-1-3-6-14/h1-7,12-13H,8-11H2,(H,19,20). The van der Waals surface area contributed by atoms with E-state index in [2.05, 4.69) is 27.2 Å². The molecule has 0 aliphatic carbocycles. The van der Waals surface area contributed by atoms with E-state index in [1.807, 2.05) is 29.2 Å². The Labute approximate surface area is 139 Å². The van der Waals surface area contributed by atoms with Crippen LogP contribution in [-0.2, 0) is 0 Å². The van der Waals surface area contributed by atoms with Crippen LogP contribution in [0.3, 0.4) is 0 Å². The molecule has 1 aliphatic rings. The number of hydrogen-bond acceptors (Lipinski definition) is 4. The second-order valence-corrected chi connectivity index (χ2v) is 5.76. The Morgan fingerprint density at radius 1 is 1.04 bits per heavy atom. The number of benzene rings is 1. The van der Waals surface area contributed by atoms with Gasteiger partial charge in [-0.25, -0.2) is 0 Å². The van der Waals surface area contributed by atoms with Gasteiger partial charge in [-0.05, 0) is 24.3 Å². The third kappa shape index (κ3) is 2.78. The zero-order chi connectivity index (χ0) is 16.4. The lowest BCUT2D eigenvalue weighted by Gasteiger charge is -2.35. The molecule has 1 aromatic carbocycles. The zero-order valence-corrected chi connectivity index (χ0v) is 13.2. The SMILES string of the molecule is O=C(c1cc(-c2ccco2)[nH]n1)N1CCN(c2ccccc2)CC1. The predicted octanol–water partition coefficient (Wildman–Crippen LogP) is 2.63. The molecule has 2 aromatic heterocycles. The summed E-state index contributed by atoms with van der Waals surface area (Å²) in [5, 5.41) is 7.00. The number of para-hydroxylation sites is 1. The maximum absolute atomic E-state index is 12.6. The first-order valence-electron chi connectivity index (χ1n) is 8.00. The number of rotatable bonds is 3. The van der Waals surface area contributed by atoms with Gasteiger partial charge in [0.2, 0.25) is 0 Å². The van der Waals surface area contributed by atoms with E-state index >= 15 is 0 Å². The number of hydrogen-bond donors (Lipinski definition) is 1. The van der Waals surface area contributed by atoms with Gasteiger partial charge in [0.15, 0.2) is 11.5 Å². The summed E-state index contributed by atoms with van der Waals surface area (Å²) in [5.74, 6) is 0.632. The number of nitrogens with one attached hydrogen (secondary N) is 1. The largest absolute Gasteiger partial charge is 0.463 e. The first-order valence-corrected chi connectivity index (χ1v) is 8.00. The summed E-state index contributed by atoms with van der Waals surface area (Å²) in [5.41, 5.74) is 2.34. The Morgan fingerprint density at radius 3 is 2.54 bits per heavy atom. The van der Waals surface area contributed by atoms with Crippen LogP contribution in [0.4, 0.5) is 5.69 Å². The van der Waals surface area contributed by atoms with Crippen LogP contribution in [0.2, 0.25) is 0 Å². The highest BCUT2D eigenvalue weighted by Crippen LogP contribution is 2.20. The number of H-pyrrole nitrogens is 1. The molecule has 1 aliphatic heterocycles. The van der Waals surface area contributed by atoms with Crippen LogP contribution in [0.5, 0.6) is 0 Å². The predicted molar refractivity (Wildman–Crippen MR) is 90.8 cm³/mol. The fraction of sp³-hybridized carbons (Fsp3) is 0.222. The Hall–Kier alpha value is -3.02. The average molecular weight is 322 g/mol. The minimum absolute atomic E-state index is 0.0447. The van der Waals surface area contributed by atoms with Crippen LogP contribution >= 0.6 is 0 Å². The smallest absolute Gasteiger partial charge is 0.274 e. The molecule has 0 saturated carbocycles. The number of carbonyl (C=O) groups excluding carboxylic acids is 1. The first-order chi connectivity index (χ1) is 11.8. The van der Waals surface area contributed by atoms with Gasteiger partial charge in [-0.2, -0.15) is 5.10 Å². The highest BCUT2D eigenvalue weighted by Gasteiger charge is 2.24. The molecule has 1 N–H and O–H groups in total. The average Bonchev–Trinajstić information content (AvgIpc) is 3.33. The summed E-state index contributed by atoms with van der Waals surface area (Å²) in [7, 11) is 0. The van der Waals surface area contributed by atoms with Crippen LogP contribution < -0.4 is 4.90 Å². The van der Waals surface area contributed by atoms with Crippen molar-refractivity contribution in [3.63, 3.8) is 0 Å². The number of furan rings is 1. The van der Waals surface area contributed by atoms with Gasteiger partial charge in [0.25, 0.3) is 5.91 Å². The van der Waals surface area contributed by atoms with Crippen LogP contribution in [0.25, 0.3) is 11.5 Å². The minimum atomic E-state index is -0.0447. The molecule has 122 valence electrons. The van der Waals surface area contributed by atoms with Crippen molar-refractivity contribution in [3.8, 4) is 11.5 Å². The summed E-state index contributed by atoms with van der Waals surface area (Å²) in [6, 6.07) is 15.7. The monoisotopic (exact) mass is 322 g/mol. The van der Waals surface area contributed by atoms with Crippen molar-refractivity contribution in [2.45, 2.75) is 0 Å². The van der Waals surface area contributed by atoms with E-state index in [4.69, 9.17) is 4.42 Å². The lowest BCUT2D eigenvalue weighted by Crippen LogP contribution is -2.48. The van der Waals surface area contributed by atoms with Gasteiger partial charge < -0.3 is 14.2 Å². The first kappa shape index (κ1) is 14.6. The van der Waals surface area contributed by atoms with Crippen molar-refractivity contribution < 1.29 is 9.21 Å². The van der Waals surface area contributed by atoms with E-state index in [0.717, 1.165) is 13.1 Å². The lowest BCUT2D eigenvalue weighted by atomic mass is 10.2. The van der Waals surface area contributed by atoms with Gasteiger partial charge in [0.05, 0.1) is 6.26 Å². The Balaban J connectivity index is 1.41. The van der Waals surface area contributed by atoms with Crippen molar-refractivity contribution in [2.75, 3.05) is 31.1 Å². The number of carbonyl (C=O) groups is 1. The molecular formula is C18H18N4O2. The van der Waals surface area contributed by atoms with E-state index in [9.17, 15) is 4.79 Å². The lowest BCUT2D eigenvalue weighted by molar-refractivity contribution is 0.0741. The maximum atomic E-state index is 12.6. The molecule has 0 unspecified atom stereocenters. The van der Waals surface area contributed by atoms with Crippen molar-refractivity contribution in [1.29, 1.82) is 0 Å². The molecule has 3 aromatic rings. The molecule has 1 fully saturated rings. The highest BCUT2D eigenvalue weighted by molar-refractivity contribution is 5.93. The van der Waals surface area contributed by atoms with Gasteiger partial charge in [-0.1, -0.05) is 18.2 Å². The van der Waals surface area contributed by atoms with Gasteiger partial charge >= 0.3 is 0 Å². The van der Waals surface area contributed by atoms with E-state index in [1.165, 1.54) is 5.69 Å². The van der Waals surface area contributed by atoms with Gasteiger partial charge in [0, 0.05) is 37.9 Å². The zero-order valence-electron chi connectivity index (χ0n) is 13.2. The highest BCUT2D eigenvalue weighted by atomic mass is 16.3. The van der Waals surface area contributed by atoms with Crippen LogP contribution in [0, 0.1) is 0 Å².